The van der Waals surface area contributed by atoms with Gasteiger partial charge in [0.2, 0.25) is 5.91 Å². The zero-order chi connectivity index (χ0) is 17.6. The molecule has 0 aliphatic carbocycles. The van der Waals surface area contributed by atoms with E-state index in [9.17, 15) is 4.79 Å². The van der Waals surface area contributed by atoms with Crippen LogP contribution >= 0.6 is 0 Å². The maximum Gasteiger partial charge on any atom is 0.237 e. The topological polar surface area (TPSA) is 67.3 Å². The second-order valence-corrected chi connectivity index (χ2v) is 6.28. The summed E-state index contributed by atoms with van der Waals surface area (Å²) in [7, 11) is 1.65. The molecule has 6 nitrogen and oxygen atoms in total. The number of nitrogens with zero attached hydrogens (tertiary/aromatic N) is 3. The summed E-state index contributed by atoms with van der Waals surface area (Å²) >= 11 is 0. The fourth-order valence-electron chi connectivity index (χ4n) is 3.04. The number of hydrogen-bond donors (Lipinski definition) is 1. The second kappa shape index (κ2) is 8.07. The van der Waals surface area contributed by atoms with Gasteiger partial charge >= 0.3 is 0 Å². The summed E-state index contributed by atoms with van der Waals surface area (Å²) in [4.78, 5) is 23.0. The summed E-state index contributed by atoms with van der Waals surface area (Å²) in [5, 5.41) is 3.04. The van der Waals surface area contributed by atoms with Gasteiger partial charge < -0.3 is 10.1 Å². The van der Waals surface area contributed by atoms with Gasteiger partial charge in [0.25, 0.3) is 0 Å². The third-order valence-electron chi connectivity index (χ3n) is 4.70. The first-order valence-electron chi connectivity index (χ1n) is 8.60. The van der Waals surface area contributed by atoms with Crippen LogP contribution in [0, 0.1) is 0 Å². The van der Waals surface area contributed by atoms with E-state index in [1.54, 1.807) is 13.4 Å². The summed E-state index contributed by atoms with van der Waals surface area (Å²) in [6.07, 6.45) is 5.14. The molecule has 1 N–H and O–H groups in total. The number of nitrogens with one attached hydrogen (secondary N) is 1. The predicted octanol–water partition coefficient (Wildman–Crippen LogP) is 1.59. The van der Waals surface area contributed by atoms with E-state index < -0.39 is 0 Å². The molecule has 1 atom stereocenters. The van der Waals surface area contributed by atoms with Gasteiger partial charge in [0.05, 0.1) is 18.8 Å². The van der Waals surface area contributed by atoms with E-state index in [1.165, 1.54) is 11.1 Å². The lowest BCUT2D eigenvalue weighted by atomic mass is 10.1. The third kappa shape index (κ3) is 4.33. The van der Waals surface area contributed by atoms with Gasteiger partial charge in [-0.15, -0.1) is 0 Å². The third-order valence-corrected chi connectivity index (χ3v) is 4.70. The smallest absolute Gasteiger partial charge is 0.237 e. The molecule has 0 fully saturated rings. The number of fused-ring (bicyclic) bond motifs is 1. The Morgan fingerprint density at radius 2 is 2.16 bits per heavy atom. The van der Waals surface area contributed by atoms with Gasteiger partial charge in [-0.3, -0.25) is 9.69 Å². The van der Waals surface area contributed by atoms with Crippen LogP contribution in [-0.4, -0.2) is 47.0 Å². The van der Waals surface area contributed by atoms with Crippen LogP contribution in [0.25, 0.3) is 0 Å². The van der Waals surface area contributed by atoms with Crippen molar-refractivity contribution in [1.29, 1.82) is 0 Å². The van der Waals surface area contributed by atoms with E-state index in [0.29, 0.717) is 13.1 Å². The number of methoxy groups -OCH3 is 1. The van der Waals surface area contributed by atoms with Crippen LogP contribution in [0.3, 0.4) is 0 Å². The maximum absolute atomic E-state index is 12.4. The molecule has 2 aromatic rings. The van der Waals surface area contributed by atoms with Crippen LogP contribution in [0.4, 0.5) is 0 Å². The number of benzene rings is 1. The summed E-state index contributed by atoms with van der Waals surface area (Å²) in [6.45, 7) is 4.13. The number of hydrogen-bond acceptors (Lipinski definition) is 5. The summed E-state index contributed by atoms with van der Waals surface area (Å²) in [5.74, 6) is 0.904. The molecule has 0 saturated heterocycles. The zero-order valence-corrected chi connectivity index (χ0v) is 14.7. The number of aromatic nitrogens is 2. The van der Waals surface area contributed by atoms with Crippen LogP contribution in [-0.2, 0) is 24.2 Å². The van der Waals surface area contributed by atoms with Gasteiger partial charge in [-0.1, -0.05) is 12.1 Å². The number of ether oxygens (including phenoxy) is 1. The maximum atomic E-state index is 12.4. The molecule has 25 heavy (non-hydrogen) atoms. The average molecular weight is 340 g/mol. The van der Waals surface area contributed by atoms with E-state index in [2.05, 4.69) is 20.2 Å². The molecule has 6 heteroatoms. The standard InChI is InChI=1S/C19H24N4O2/c1-14(23-10-8-16-11-20-13-22-18(16)12-23)19(24)21-9-7-15-3-5-17(25-2)6-4-15/h3-6,11,13-14H,7-10,12H2,1-2H3,(H,21,24)/t14-/m1/s1. The van der Waals surface area contributed by atoms with E-state index in [-0.39, 0.29) is 11.9 Å². The van der Waals surface area contributed by atoms with E-state index in [1.807, 2.05) is 37.4 Å². The molecule has 1 aliphatic heterocycles. The molecule has 1 aliphatic rings. The van der Waals surface area contributed by atoms with Gasteiger partial charge in [0.1, 0.15) is 12.1 Å². The van der Waals surface area contributed by atoms with Crippen molar-refractivity contribution in [3.8, 4) is 5.75 Å². The number of amides is 1. The van der Waals surface area contributed by atoms with Crippen LogP contribution < -0.4 is 10.1 Å². The fourth-order valence-corrected chi connectivity index (χ4v) is 3.04. The molecule has 0 spiro atoms. The largest absolute Gasteiger partial charge is 0.497 e. The average Bonchev–Trinajstić information content (AvgIpc) is 2.67. The van der Waals surface area contributed by atoms with Gasteiger partial charge in [-0.2, -0.15) is 0 Å². The Morgan fingerprint density at radius 1 is 1.36 bits per heavy atom. The van der Waals surface area contributed by atoms with Crippen LogP contribution in [0.5, 0.6) is 5.75 Å². The molecule has 0 radical (unpaired) electrons. The molecular weight excluding hydrogens is 316 g/mol. The van der Waals surface area contributed by atoms with E-state index >= 15 is 0 Å². The SMILES string of the molecule is COc1ccc(CCNC(=O)[C@@H](C)N2CCc3cncnc3C2)cc1. The Balaban J connectivity index is 1.48. The highest BCUT2D eigenvalue weighted by atomic mass is 16.5. The first kappa shape index (κ1) is 17.4. The molecule has 132 valence electrons. The molecule has 2 heterocycles. The summed E-state index contributed by atoms with van der Waals surface area (Å²) < 4.78 is 5.15. The fraction of sp³-hybridized carbons (Fsp3) is 0.421. The van der Waals surface area contributed by atoms with E-state index in [4.69, 9.17) is 4.74 Å². The van der Waals surface area contributed by atoms with Crippen molar-refractivity contribution >= 4 is 5.91 Å². The molecule has 0 bridgehead atoms. The van der Waals surface area contributed by atoms with Gasteiger partial charge in [-0.25, -0.2) is 9.97 Å². The Kier molecular flexibility index (Phi) is 5.60. The highest BCUT2D eigenvalue weighted by Gasteiger charge is 2.25. The Morgan fingerprint density at radius 3 is 2.92 bits per heavy atom. The number of carbonyl (C=O) groups excluding carboxylic acids is 1. The van der Waals surface area contributed by atoms with Crippen LogP contribution in [0.15, 0.2) is 36.8 Å². The molecule has 0 saturated carbocycles. The van der Waals surface area contributed by atoms with Crippen LogP contribution in [0.2, 0.25) is 0 Å². The quantitative estimate of drug-likeness (QED) is 0.865. The lowest BCUT2D eigenvalue weighted by molar-refractivity contribution is -0.126. The minimum Gasteiger partial charge on any atom is -0.497 e. The van der Waals surface area contributed by atoms with Crippen molar-refractivity contribution in [3.63, 3.8) is 0 Å². The number of carbonyl (C=O) groups is 1. The van der Waals surface area contributed by atoms with Crippen LogP contribution in [0.1, 0.15) is 23.7 Å². The minimum absolute atomic E-state index is 0.0611. The summed E-state index contributed by atoms with van der Waals surface area (Å²) in [5.41, 5.74) is 3.39. The first-order chi connectivity index (χ1) is 12.2. The Bertz CT molecular complexity index is 718. The first-order valence-corrected chi connectivity index (χ1v) is 8.60. The highest BCUT2D eigenvalue weighted by Crippen LogP contribution is 2.17. The molecule has 1 aromatic heterocycles. The summed E-state index contributed by atoms with van der Waals surface area (Å²) in [6, 6.07) is 7.75. The van der Waals surface area contributed by atoms with Gasteiger partial charge in [-0.05, 0) is 43.0 Å². The van der Waals surface area contributed by atoms with E-state index in [0.717, 1.165) is 30.8 Å². The normalized spacial score (nSPS) is 15.3. The van der Waals surface area contributed by atoms with Crippen molar-refractivity contribution < 1.29 is 9.53 Å². The molecular formula is C19H24N4O2. The van der Waals surface area contributed by atoms with Gasteiger partial charge in [0, 0.05) is 25.8 Å². The van der Waals surface area contributed by atoms with Crippen molar-refractivity contribution in [2.45, 2.75) is 32.4 Å². The van der Waals surface area contributed by atoms with Crippen molar-refractivity contribution in [2.24, 2.45) is 0 Å². The van der Waals surface area contributed by atoms with Crippen molar-refractivity contribution in [2.75, 3.05) is 20.2 Å². The molecule has 0 unspecified atom stereocenters. The number of rotatable bonds is 6. The molecule has 1 aromatic carbocycles. The predicted molar refractivity (Wildman–Crippen MR) is 95.3 cm³/mol. The lowest BCUT2D eigenvalue weighted by Gasteiger charge is -2.31. The van der Waals surface area contributed by atoms with Gasteiger partial charge in [0.15, 0.2) is 0 Å². The molecule has 1 amide bonds. The Labute approximate surface area is 148 Å². The lowest BCUT2D eigenvalue weighted by Crippen LogP contribution is -2.47. The second-order valence-electron chi connectivity index (χ2n) is 6.28. The van der Waals surface area contributed by atoms with Crippen molar-refractivity contribution in [3.05, 3.63) is 53.6 Å². The monoisotopic (exact) mass is 340 g/mol. The minimum atomic E-state index is -0.168. The highest BCUT2D eigenvalue weighted by molar-refractivity contribution is 5.81. The molecule has 3 rings (SSSR count). The van der Waals surface area contributed by atoms with Crippen molar-refractivity contribution in [1.82, 2.24) is 20.2 Å². The zero-order valence-electron chi connectivity index (χ0n) is 14.7. The Hall–Kier alpha value is -2.47.